The van der Waals surface area contributed by atoms with Gasteiger partial charge in [-0.15, -0.1) is 0 Å². The standard InChI is InChI=1S/C25H34NO3PS/c1-14(2)17-12-15(3)9-10-19(17)28-24-22-20(23(27)29-24)25(5)13-30(22,31)21(16(25)4)18-8-6-7-11-26-18/h6-8,11,14-15,17,19-20,22,24H,9-10,12-13H2,1-5H3/t15-,17-,19?,20?,22?,24+,25?,30?/m0/s1. The van der Waals surface area contributed by atoms with E-state index in [2.05, 4.69) is 45.7 Å². The molecule has 4 heterocycles. The number of hydrogen-bond donors (Lipinski definition) is 0. The average molecular weight is 460 g/mol. The number of carbonyl (C=O) groups excluding carboxylic acids is 1. The summed E-state index contributed by atoms with van der Waals surface area (Å²) in [7, 11) is 0. The fourth-order valence-electron chi connectivity index (χ4n) is 6.89. The number of ether oxygens (including phenoxy) is 2. The lowest BCUT2D eigenvalue weighted by Gasteiger charge is -2.40. The molecule has 8 atom stereocenters. The topological polar surface area (TPSA) is 48.4 Å². The van der Waals surface area contributed by atoms with Gasteiger partial charge in [0.25, 0.3) is 0 Å². The van der Waals surface area contributed by atoms with Crippen LogP contribution in [0.1, 0.15) is 59.6 Å². The number of aromatic nitrogens is 1. The minimum atomic E-state index is -2.07. The predicted molar refractivity (Wildman–Crippen MR) is 127 cm³/mol. The fourth-order valence-corrected chi connectivity index (χ4v) is 13.9. The highest BCUT2D eigenvalue weighted by Gasteiger charge is 2.71. The first kappa shape index (κ1) is 21.8. The predicted octanol–water partition coefficient (Wildman–Crippen LogP) is 5.67. The van der Waals surface area contributed by atoms with Crippen molar-refractivity contribution in [1.29, 1.82) is 0 Å². The zero-order chi connectivity index (χ0) is 22.1. The van der Waals surface area contributed by atoms with Crippen LogP contribution in [0, 0.1) is 29.1 Å². The maximum atomic E-state index is 13.1. The minimum absolute atomic E-state index is 0.0205. The van der Waals surface area contributed by atoms with E-state index in [0.717, 1.165) is 24.2 Å². The zero-order valence-corrected chi connectivity index (χ0v) is 20.9. The SMILES string of the molecule is CC1=C(c2ccccn2)P2(=S)CC1(C)C1C(=O)O[C@@H](OC3CC[C@H](C)C[C@H]3C(C)C)C12. The fraction of sp³-hybridized carbons (Fsp3) is 0.680. The van der Waals surface area contributed by atoms with Crippen LogP contribution in [0.4, 0.5) is 0 Å². The van der Waals surface area contributed by atoms with E-state index in [0.29, 0.717) is 11.8 Å². The van der Waals surface area contributed by atoms with Gasteiger partial charge in [-0.1, -0.05) is 51.1 Å². The molecule has 2 bridgehead atoms. The van der Waals surface area contributed by atoms with E-state index < -0.39 is 12.3 Å². The molecule has 1 saturated carbocycles. The third-order valence-corrected chi connectivity index (χ3v) is 14.2. The maximum absolute atomic E-state index is 13.1. The Labute approximate surface area is 191 Å². The largest absolute Gasteiger partial charge is 0.435 e. The van der Waals surface area contributed by atoms with Crippen LogP contribution in [0.5, 0.6) is 0 Å². The third kappa shape index (κ3) is 3.14. The van der Waals surface area contributed by atoms with Crippen LogP contribution in [0.25, 0.3) is 5.31 Å². The van der Waals surface area contributed by atoms with Crippen LogP contribution in [-0.2, 0) is 26.1 Å². The first-order valence-electron chi connectivity index (χ1n) is 11.7. The molecule has 3 aliphatic heterocycles. The van der Waals surface area contributed by atoms with Crippen molar-refractivity contribution in [2.75, 3.05) is 6.16 Å². The van der Waals surface area contributed by atoms with Crippen molar-refractivity contribution >= 4 is 29.1 Å². The highest BCUT2D eigenvalue weighted by atomic mass is 32.4. The third-order valence-electron chi connectivity index (χ3n) is 8.60. The first-order valence-corrected chi connectivity index (χ1v) is 14.8. The van der Waals surface area contributed by atoms with Gasteiger partial charge in [-0.2, -0.15) is 0 Å². The van der Waals surface area contributed by atoms with Gasteiger partial charge in [0.05, 0.1) is 23.4 Å². The van der Waals surface area contributed by atoms with E-state index >= 15 is 0 Å². The highest BCUT2D eigenvalue weighted by Crippen LogP contribution is 2.83. The first-order chi connectivity index (χ1) is 14.7. The summed E-state index contributed by atoms with van der Waals surface area (Å²) in [6.45, 7) is 11.3. The Morgan fingerprint density at radius 1 is 1.32 bits per heavy atom. The van der Waals surface area contributed by atoms with Crippen molar-refractivity contribution in [2.45, 2.75) is 71.9 Å². The molecule has 0 radical (unpaired) electrons. The quantitative estimate of drug-likeness (QED) is 0.429. The molecule has 6 heteroatoms. The second-order valence-electron chi connectivity index (χ2n) is 10.8. The Morgan fingerprint density at radius 2 is 2.10 bits per heavy atom. The highest BCUT2D eigenvalue weighted by molar-refractivity contribution is 8.20. The lowest BCUT2D eigenvalue weighted by atomic mass is 9.72. The molecule has 0 spiro atoms. The van der Waals surface area contributed by atoms with Crippen LogP contribution >= 0.6 is 6.04 Å². The summed E-state index contributed by atoms with van der Waals surface area (Å²) in [5.74, 6) is 1.51. The number of hydrogen-bond acceptors (Lipinski definition) is 5. The number of fused-ring (bicyclic) bond motifs is 5. The van der Waals surface area contributed by atoms with Crippen molar-refractivity contribution in [1.82, 2.24) is 4.98 Å². The molecule has 4 aliphatic rings. The Morgan fingerprint density at radius 3 is 2.77 bits per heavy atom. The summed E-state index contributed by atoms with van der Waals surface area (Å²) in [5, 5.41) is 1.23. The van der Waals surface area contributed by atoms with Gasteiger partial charge >= 0.3 is 5.97 Å². The van der Waals surface area contributed by atoms with Crippen molar-refractivity contribution in [3.8, 4) is 0 Å². The monoisotopic (exact) mass is 459 g/mol. The molecule has 1 aromatic heterocycles. The number of rotatable bonds is 4. The second-order valence-corrected chi connectivity index (χ2v) is 15.7. The van der Waals surface area contributed by atoms with Gasteiger partial charge in [0.15, 0.2) is 0 Å². The number of allylic oxidation sites excluding steroid dienone is 1. The molecule has 3 fully saturated rings. The molecule has 5 rings (SSSR count). The number of cyclic esters (lactones) is 1. The molecule has 168 valence electrons. The Bertz CT molecular complexity index is 976. The molecule has 1 aliphatic carbocycles. The molecule has 0 N–H and O–H groups in total. The number of carbonyl (C=O) groups is 1. The molecule has 4 nitrogen and oxygen atoms in total. The molecule has 2 saturated heterocycles. The zero-order valence-electron chi connectivity index (χ0n) is 19.2. The summed E-state index contributed by atoms with van der Waals surface area (Å²) >= 11 is 6.50. The van der Waals surface area contributed by atoms with Gasteiger partial charge in [-0.3, -0.25) is 9.78 Å². The summed E-state index contributed by atoms with van der Waals surface area (Å²) < 4.78 is 12.7. The number of pyridine rings is 1. The lowest BCUT2D eigenvalue weighted by molar-refractivity contribution is -0.185. The van der Waals surface area contributed by atoms with Gasteiger partial charge in [0.2, 0.25) is 6.29 Å². The normalized spacial score (nSPS) is 44.1. The van der Waals surface area contributed by atoms with E-state index in [4.69, 9.17) is 21.3 Å². The van der Waals surface area contributed by atoms with Gasteiger partial charge in [-0.25, -0.2) is 0 Å². The Balaban J connectivity index is 1.51. The average Bonchev–Trinajstić information content (AvgIpc) is 3.26. The number of esters is 1. The van der Waals surface area contributed by atoms with E-state index in [-0.39, 0.29) is 29.1 Å². The van der Waals surface area contributed by atoms with Gasteiger partial charge in [-0.05, 0) is 68.3 Å². The van der Waals surface area contributed by atoms with E-state index in [1.165, 1.54) is 23.7 Å². The Kier molecular flexibility index (Phi) is 5.27. The van der Waals surface area contributed by atoms with Gasteiger partial charge < -0.3 is 9.47 Å². The summed E-state index contributed by atoms with van der Waals surface area (Å²) in [4.78, 5) is 17.8. The maximum Gasteiger partial charge on any atom is 0.313 e. The van der Waals surface area contributed by atoms with Crippen LogP contribution in [0.15, 0.2) is 30.0 Å². The molecule has 31 heavy (non-hydrogen) atoms. The summed E-state index contributed by atoms with van der Waals surface area (Å²) in [6, 6.07) is 3.96. The molecule has 1 aromatic rings. The molecule has 5 unspecified atom stereocenters. The lowest BCUT2D eigenvalue weighted by Crippen LogP contribution is -2.40. The van der Waals surface area contributed by atoms with E-state index in [1.54, 1.807) is 0 Å². The van der Waals surface area contributed by atoms with Crippen LogP contribution in [-0.4, -0.2) is 35.2 Å². The molecular weight excluding hydrogens is 425 g/mol. The van der Waals surface area contributed by atoms with Crippen LogP contribution < -0.4 is 0 Å². The van der Waals surface area contributed by atoms with Gasteiger partial charge in [0.1, 0.15) is 0 Å². The summed E-state index contributed by atoms with van der Waals surface area (Å²) in [6.07, 6.45) is 5.77. The second kappa shape index (κ2) is 7.50. The summed E-state index contributed by atoms with van der Waals surface area (Å²) in [5.41, 5.74) is 1.98. The Hall–Kier alpha value is -1.03. The molecular formula is C25H34NO3PS. The number of nitrogens with zero attached hydrogens (tertiary/aromatic N) is 1. The van der Waals surface area contributed by atoms with Crippen molar-refractivity contribution in [3.63, 3.8) is 0 Å². The van der Waals surface area contributed by atoms with Crippen molar-refractivity contribution in [3.05, 3.63) is 35.7 Å². The minimum Gasteiger partial charge on any atom is -0.435 e. The van der Waals surface area contributed by atoms with Crippen LogP contribution in [0.2, 0.25) is 0 Å². The van der Waals surface area contributed by atoms with Crippen molar-refractivity contribution < 1.29 is 14.3 Å². The molecule has 0 amide bonds. The van der Waals surface area contributed by atoms with Gasteiger partial charge in [0, 0.05) is 16.9 Å². The van der Waals surface area contributed by atoms with Crippen molar-refractivity contribution in [2.24, 2.45) is 29.1 Å². The van der Waals surface area contributed by atoms with E-state index in [9.17, 15) is 4.79 Å². The van der Waals surface area contributed by atoms with Crippen LogP contribution in [0.3, 0.4) is 0 Å². The smallest absolute Gasteiger partial charge is 0.313 e. The molecule has 0 aromatic carbocycles. The van der Waals surface area contributed by atoms with E-state index in [1.807, 2.05) is 18.3 Å².